The minimum absolute atomic E-state index is 0.00372. The Morgan fingerprint density at radius 2 is 2.19 bits per heavy atom. The van der Waals surface area contributed by atoms with E-state index in [-0.39, 0.29) is 17.6 Å². The molecule has 1 amide bonds. The van der Waals surface area contributed by atoms with E-state index in [1.807, 2.05) is 13.8 Å². The second kappa shape index (κ2) is 6.71. The average molecular weight is 294 g/mol. The molecule has 1 aromatic rings. The lowest BCUT2D eigenvalue weighted by molar-refractivity contribution is -0.384. The molecule has 7 heteroatoms. The maximum absolute atomic E-state index is 12.1. The minimum Gasteiger partial charge on any atom is -0.351 e. The van der Waals surface area contributed by atoms with Crippen LogP contribution >= 0.6 is 0 Å². The molecular weight excluding hydrogens is 272 g/mol. The van der Waals surface area contributed by atoms with Crippen LogP contribution in [0.2, 0.25) is 0 Å². The highest BCUT2D eigenvalue weighted by molar-refractivity contribution is 5.93. The van der Waals surface area contributed by atoms with Crippen molar-refractivity contribution in [1.29, 1.82) is 0 Å². The topological polar surface area (TPSA) is 89.2 Å². The van der Waals surface area contributed by atoms with Crippen molar-refractivity contribution in [2.75, 3.05) is 13.1 Å². The summed E-state index contributed by atoms with van der Waals surface area (Å²) >= 11 is 0. The van der Waals surface area contributed by atoms with Crippen LogP contribution in [0.15, 0.2) is 12.3 Å². The van der Waals surface area contributed by atoms with Gasteiger partial charge in [0.25, 0.3) is 11.6 Å². The Hall–Kier alpha value is -1.89. The molecule has 0 saturated heterocycles. The van der Waals surface area contributed by atoms with Crippen molar-refractivity contribution in [3.05, 3.63) is 28.1 Å². The maximum atomic E-state index is 12.1. The number of aromatic nitrogens is 1. The number of carbonyl (C=O) groups excluding carboxylic acids is 1. The lowest BCUT2D eigenvalue weighted by Gasteiger charge is -2.12. The van der Waals surface area contributed by atoms with Crippen LogP contribution in [0.1, 0.15) is 49.6 Å². The molecule has 0 aromatic carbocycles. The van der Waals surface area contributed by atoms with Gasteiger partial charge in [0.15, 0.2) is 0 Å². The predicted molar refractivity (Wildman–Crippen MR) is 79.4 cm³/mol. The first-order valence-corrected chi connectivity index (χ1v) is 7.37. The fourth-order valence-corrected chi connectivity index (χ4v) is 2.15. The largest absolute Gasteiger partial charge is 0.351 e. The third-order valence-corrected chi connectivity index (χ3v) is 3.48. The first-order chi connectivity index (χ1) is 9.99. The number of nitro groups is 1. The molecule has 1 aromatic heterocycles. The fraction of sp³-hybridized carbons (Fsp3) is 0.643. The summed E-state index contributed by atoms with van der Waals surface area (Å²) in [5.41, 5.74) is 0.288. The summed E-state index contributed by atoms with van der Waals surface area (Å²) in [5, 5.41) is 17.0. The van der Waals surface area contributed by atoms with Gasteiger partial charge >= 0.3 is 0 Å². The van der Waals surface area contributed by atoms with E-state index >= 15 is 0 Å². The molecule has 2 rings (SSSR count). The molecule has 1 fully saturated rings. The summed E-state index contributed by atoms with van der Waals surface area (Å²) in [6.07, 6.45) is 4.76. The van der Waals surface area contributed by atoms with E-state index in [0.717, 1.165) is 13.0 Å². The van der Waals surface area contributed by atoms with Gasteiger partial charge in [-0.05, 0) is 39.7 Å². The van der Waals surface area contributed by atoms with E-state index in [4.69, 9.17) is 0 Å². The molecule has 1 heterocycles. The SMILES string of the molecule is CC(C)n1cc([N+](=O)[O-])cc1C(=O)NCCCNC1CC1. The van der Waals surface area contributed by atoms with Crippen molar-refractivity contribution in [2.45, 2.75) is 45.2 Å². The molecule has 0 unspecified atom stereocenters. The Bertz CT molecular complexity index is 520. The first kappa shape index (κ1) is 15.5. The van der Waals surface area contributed by atoms with E-state index in [1.54, 1.807) is 4.57 Å². The molecule has 2 N–H and O–H groups in total. The third-order valence-electron chi connectivity index (χ3n) is 3.48. The summed E-state index contributed by atoms with van der Waals surface area (Å²) in [5.74, 6) is -0.261. The Labute approximate surface area is 123 Å². The normalized spacial score (nSPS) is 14.4. The van der Waals surface area contributed by atoms with Crippen molar-refractivity contribution in [2.24, 2.45) is 0 Å². The molecule has 1 saturated carbocycles. The molecule has 0 aliphatic heterocycles. The molecule has 1 aliphatic rings. The smallest absolute Gasteiger partial charge is 0.287 e. The zero-order valence-electron chi connectivity index (χ0n) is 12.5. The second-order valence-electron chi connectivity index (χ2n) is 5.68. The standard InChI is InChI=1S/C14H22N4O3/c1-10(2)17-9-12(18(20)21)8-13(17)14(19)16-7-3-6-15-11-4-5-11/h8-11,15H,3-7H2,1-2H3,(H,16,19). The maximum Gasteiger partial charge on any atom is 0.287 e. The van der Waals surface area contributed by atoms with Crippen LogP contribution in [-0.4, -0.2) is 34.5 Å². The lowest BCUT2D eigenvalue weighted by atomic mass is 10.3. The van der Waals surface area contributed by atoms with E-state index in [0.29, 0.717) is 18.3 Å². The molecule has 7 nitrogen and oxygen atoms in total. The van der Waals surface area contributed by atoms with Gasteiger partial charge in [0.1, 0.15) is 5.69 Å². The van der Waals surface area contributed by atoms with Crippen molar-refractivity contribution in [3.63, 3.8) is 0 Å². The zero-order chi connectivity index (χ0) is 15.4. The van der Waals surface area contributed by atoms with Gasteiger partial charge in [-0.3, -0.25) is 14.9 Å². The molecule has 0 bridgehead atoms. The quantitative estimate of drug-likeness (QED) is 0.435. The Morgan fingerprint density at radius 3 is 2.76 bits per heavy atom. The molecule has 0 radical (unpaired) electrons. The second-order valence-corrected chi connectivity index (χ2v) is 5.68. The van der Waals surface area contributed by atoms with E-state index in [2.05, 4.69) is 10.6 Å². The van der Waals surface area contributed by atoms with Crippen LogP contribution < -0.4 is 10.6 Å². The highest BCUT2D eigenvalue weighted by Crippen LogP contribution is 2.20. The fourth-order valence-electron chi connectivity index (χ4n) is 2.15. The van der Waals surface area contributed by atoms with Gasteiger partial charge in [-0.25, -0.2) is 0 Å². The van der Waals surface area contributed by atoms with Gasteiger partial charge in [-0.2, -0.15) is 0 Å². The van der Waals surface area contributed by atoms with E-state index in [9.17, 15) is 14.9 Å². The molecule has 116 valence electrons. The highest BCUT2D eigenvalue weighted by Gasteiger charge is 2.21. The summed E-state index contributed by atoms with van der Waals surface area (Å²) in [6, 6.07) is 2.00. The van der Waals surface area contributed by atoms with Crippen LogP contribution in [0.4, 0.5) is 5.69 Å². The summed E-state index contributed by atoms with van der Waals surface area (Å²) in [7, 11) is 0. The first-order valence-electron chi connectivity index (χ1n) is 7.37. The molecule has 1 aliphatic carbocycles. The molecule has 0 spiro atoms. The van der Waals surface area contributed by atoms with Crippen LogP contribution in [0.25, 0.3) is 0 Å². The van der Waals surface area contributed by atoms with Crippen LogP contribution in [-0.2, 0) is 0 Å². The molecule has 0 atom stereocenters. The molecule has 21 heavy (non-hydrogen) atoms. The van der Waals surface area contributed by atoms with Gasteiger partial charge in [0, 0.05) is 24.7 Å². The van der Waals surface area contributed by atoms with Crippen LogP contribution in [0, 0.1) is 10.1 Å². The number of nitrogens with one attached hydrogen (secondary N) is 2. The number of rotatable bonds is 8. The Morgan fingerprint density at radius 1 is 1.48 bits per heavy atom. The van der Waals surface area contributed by atoms with Gasteiger partial charge in [0.05, 0.1) is 11.1 Å². The van der Waals surface area contributed by atoms with Gasteiger partial charge in [-0.15, -0.1) is 0 Å². The highest BCUT2D eigenvalue weighted by atomic mass is 16.6. The monoisotopic (exact) mass is 294 g/mol. The third kappa shape index (κ3) is 4.29. The van der Waals surface area contributed by atoms with Gasteiger partial charge in [0.2, 0.25) is 0 Å². The minimum atomic E-state index is -0.477. The lowest BCUT2D eigenvalue weighted by Crippen LogP contribution is -2.29. The number of hydrogen-bond acceptors (Lipinski definition) is 4. The van der Waals surface area contributed by atoms with Crippen molar-refractivity contribution in [3.8, 4) is 0 Å². The molecular formula is C14H22N4O3. The van der Waals surface area contributed by atoms with Gasteiger partial charge < -0.3 is 15.2 Å². The number of amides is 1. The number of hydrogen-bond donors (Lipinski definition) is 2. The average Bonchev–Trinajstić information content (AvgIpc) is 3.12. The summed E-state index contributed by atoms with van der Waals surface area (Å²) in [6.45, 7) is 5.23. The van der Waals surface area contributed by atoms with E-state index < -0.39 is 4.92 Å². The summed E-state index contributed by atoms with van der Waals surface area (Å²) < 4.78 is 1.63. The Kier molecular flexibility index (Phi) is 4.95. The van der Waals surface area contributed by atoms with Gasteiger partial charge in [-0.1, -0.05) is 0 Å². The van der Waals surface area contributed by atoms with E-state index in [1.165, 1.54) is 25.1 Å². The predicted octanol–water partition coefficient (Wildman–Crippen LogP) is 1.85. The van der Waals surface area contributed by atoms with Crippen molar-refractivity contribution < 1.29 is 9.72 Å². The van der Waals surface area contributed by atoms with Crippen LogP contribution in [0.3, 0.4) is 0 Å². The number of carbonyl (C=O) groups is 1. The zero-order valence-corrected chi connectivity index (χ0v) is 12.5. The van der Waals surface area contributed by atoms with Crippen molar-refractivity contribution in [1.82, 2.24) is 15.2 Å². The van der Waals surface area contributed by atoms with Crippen molar-refractivity contribution >= 4 is 11.6 Å². The Balaban J connectivity index is 1.88. The number of nitrogens with zero attached hydrogens (tertiary/aromatic N) is 2. The van der Waals surface area contributed by atoms with Crippen LogP contribution in [0.5, 0.6) is 0 Å². The summed E-state index contributed by atoms with van der Waals surface area (Å²) in [4.78, 5) is 22.5.